The van der Waals surface area contributed by atoms with Crippen molar-refractivity contribution in [3.05, 3.63) is 0 Å². The molecular formula is C23H48O5. The van der Waals surface area contributed by atoms with Gasteiger partial charge in [0.25, 0.3) is 0 Å². The molecule has 5 nitrogen and oxygen atoms in total. The molecule has 4 N–H and O–H groups in total. The van der Waals surface area contributed by atoms with Gasteiger partial charge in [0.2, 0.25) is 0 Å². The molecule has 28 heavy (non-hydrogen) atoms. The molecule has 0 aliphatic heterocycles. The zero-order valence-corrected chi connectivity index (χ0v) is 18.4. The van der Waals surface area contributed by atoms with Crippen molar-refractivity contribution in [1.29, 1.82) is 0 Å². The third-order valence-corrected chi connectivity index (χ3v) is 5.05. The van der Waals surface area contributed by atoms with E-state index in [2.05, 4.69) is 6.92 Å². The zero-order chi connectivity index (χ0) is 21.3. The summed E-state index contributed by atoms with van der Waals surface area (Å²) in [5.41, 5.74) is 0. The number of hydrogen-bond acceptors (Lipinski definition) is 4. The highest BCUT2D eigenvalue weighted by molar-refractivity contribution is 5.66. The van der Waals surface area contributed by atoms with Crippen molar-refractivity contribution in [3.8, 4) is 0 Å². The first-order chi connectivity index (χ1) is 13.6. The lowest BCUT2D eigenvalue weighted by molar-refractivity contribution is -0.137. The number of unbranched alkanes of at least 4 members (excludes halogenated alkanes) is 14. The fourth-order valence-electron chi connectivity index (χ4n) is 3.07. The van der Waals surface area contributed by atoms with Crippen molar-refractivity contribution < 1.29 is 25.2 Å². The first-order valence-corrected chi connectivity index (χ1v) is 11.7. The van der Waals surface area contributed by atoms with E-state index in [1.165, 1.54) is 83.5 Å². The van der Waals surface area contributed by atoms with Crippen LogP contribution in [0, 0.1) is 5.92 Å². The zero-order valence-electron chi connectivity index (χ0n) is 18.4. The Kier molecular flexibility index (Phi) is 27.8. The van der Waals surface area contributed by atoms with E-state index in [4.69, 9.17) is 20.4 Å². The van der Waals surface area contributed by atoms with Gasteiger partial charge in [-0.2, -0.15) is 0 Å². The van der Waals surface area contributed by atoms with Gasteiger partial charge in [-0.1, -0.05) is 96.8 Å². The van der Waals surface area contributed by atoms with Crippen LogP contribution < -0.4 is 0 Å². The van der Waals surface area contributed by atoms with Crippen LogP contribution in [0.3, 0.4) is 0 Å². The summed E-state index contributed by atoms with van der Waals surface area (Å²) in [6.07, 6.45) is 20.7. The summed E-state index contributed by atoms with van der Waals surface area (Å²) in [5.74, 6) is -0.792. The number of aliphatic carboxylic acids is 1. The summed E-state index contributed by atoms with van der Waals surface area (Å²) in [6.45, 7) is 2.21. The van der Waals surface area contributed by atoms with Gasteiger partial charge in [-0.3, -0.25) is 4.79 Å². The maximum absolute atomic E-state index is 10.3. The normalized spacial score (nSPS) is 10.8. The highest BCUT2D eigenvalue weighted by atomic mass is 16.4. The van der Waals surface area contributed by atoms with Crippen LogP contribution in [0.25, 0.3) is 0 Å². The summed E-state index contributed by atoms with van der Waals surface area (Å²) >= 11 is 0. The number of aliphatic hydroxyl groups excluding tert-OH is 3. The molecular weight excluding hydrogens is 356 g/mol. The molecule has 0 rings (SSSR count). The van der Waals surface area contributed by atoms with Gasteiger partial charge in [0, 0.05) is 32.2 Å². The number of carboxylic acids is 1. The molecule has 0 aliphatic rings. The Morgan fingerprint density at radius 3 is 1.25 bits per heavy atom. The Morgan fingerprint density at radius 2 is 1.00 bits per heavy atom. The lowest BCUT2D eigenvalue weighted by Gasteiger charge is -2.06. The van der Waals surface area contributed by atoms with E-state index in [-0.39, 0.29) is 25.7 Å². The van der Waals surface area contributed by atoms with E-state index in [1.807, 2.05) is 0 Å². The molecule has 0 bridgehead atoms. The highest BCUT2D eigenvalue weighted by Crippen LogP contribution is 2.13. The second-order valence-electron chi connectivity index (χ2n) is 7.84. The molecule has 0 aromatic rings. The van der Waals surface area contributed by atoms with Crippen molar-refractivity contribution in [2.24, 2.45) is 5.92 Å². The summed E-state index contributed by atoms with van der Waals surface area (Å²) in [7, 11) is 0. The quantitative estimate of drug-likeness (QED) is 0.206. The molecule has 0 aliphatic carbocycles. The summed E-state index contributed by atoms with van der Waals surface area (Å²) < 4.78 is 0. The Hall–Kier alpha value is -0.650. The minimum Gasteiger partial charge on any atom is -0.481 e. The predicted molar refractivity (Wildman–Crippen MR) is 117 cm³/mol. The van der Waals surface area contributed by atoms with Gasteiger partial charge in [-0.25, -0.2) is 0 Å². The van der Waals surface area contributed by atoms with Gasteiger partial charge in [0.1, 0.15) is 0 Å². The minimum atomic E-state index is -0.653. The molecule has 0 aromatic heterocycles. The smallest absolute Gasteiger partial charge is 0.303 e. The number of rotatable bonds is 20. The fraction of sp³-hybridized carbons (Fsp3) is 0.957. The van der Waals surface area contributed by atoms with Crippen molar-refractivity contribution >= 4 is 5.97 Å². The first-order valence-electron chi connectivity index (χ1n) is 11.7. The number of hydrogen-bond donors (Lipinski definition) is 4. The topological polar surface area (TPSA) is 98.0 Å². The van der Waals surface area contributed by atoms with E-state index in [0.717, 1.165) is 12.8 Å². The maximum Gasteiger partial charge on any atom is 0.303 e. The third kappa shape index (κ3) is 27.6. The standard InChI is InChI=1S/C18H36O2.C5H12O3/c1-2-3-4-5-6-7-8-9-10-11-12-13-14-15-16-17-18(19)20;6-2-1-5(3-7)4-8/h2-17H2,1H3,(H,19,20);5-8H,1-4H2. The molecule has 0 radical (unpaired) electrons. The number of carbonyl (C=O) groups is 1. The average Bonchev–Trinajstić information content (AvgIpc) is 2.69. The van der Waals surface area contributed by atoms with Gasteiger partial charge in [-0.15, -0.1) is 0 Å². The Balaban J connectivity index is 0. The Bertz CT molecular complexity index is 293. The highest BCUT2D eigenvalue weighted by Gasteiger charge is 2.02. The van der Waals surface area contributed by atoms with E-state index < -0.39 is 5.97 Å². The lowest BCUT2D eigenvalue weighted by atomic mass is 10.0. The van der Waals surface area contributed by atoms with Crippen LogP contribution >= 0.6 is 0 Å². The van der Waals surface area contributed by atoms with Gasteiger partial charge < -0.3 is 20.4 Å². The Morgan fingerprint density at radius 1 is 0.643 bits per heavy atom. The van der Waals surface area contributed by atoms with E-state index >= 15 is 0 Å². The fourth-order valence-corrected chi connectivity index (χ4v) is 3.07. The van der Waals surface area contributed by atoms with E-state index in [1.54, 1.807) is 0 Å². The number of aliphatic hydroxyl groups is 3. The monoisotopic (exact) mass is 404 g/mol. The van der Waals surface area contributed by atoms with Crippen molar-refractivity contribution in [3.63, 3.8) is 0 Å². The molecule has 0 fully saturated rings. The molecule has 0 saturated carbocycles. The molecule has 0 atom stereocenters. The van der Waals surface area contributed by atoms with Crippen LogP contribution in [-0.2, 0) is 4.79 Å². The molecule has 0 heterocycles. The largest absolute Gasteiger partial charge is 0.481 e. The molecule has 5 heteroatoms. The van der Waals surface area contributed by atoms with Crippen LogP contribution in [0.1, 0.15) is 116 Å². The summed E-state index contributed by atoms with van der Waals surface area (Å²) in [4.78, 5) is 10.3. The van der Waals surface area contributed by atoms with Gasteiger partial charge in [-0.05, 0) is 12.8 Å². The van der Waals surface area contributed by atoms with Gasteiger partial charge in [0.05, 0.1) is 0 Å². The van der Waals surface area contributed by atoms with E-state index in [0.29, 0.717) is 12.8 Å². The second kappa shape index (κ2) is 26.4. The lowest BCUT2D eigenvalue weighted by Crippen LogP contribution is -2.12. The van der Waals surface area contributed by atoms with Gasteiger partial charge >= 0.3 is 5.97 Å². The second-order valence-corrected chi connectivity index (χ2v) is 7.84. The Labute approximate surface area is 173 Å². The van der Waals surface area contributed by atoms with Crippen molar-refractivity contribution in [1.82, 2.24) is 0 Å². The van der Waals surface area contributed by atoms with Crippen LogP contribution in [0.5, 0.6) is 0 Å². The van der Waals surface area contributed by atoms with Crippen LogP contribution in [0.4, 0.5) is 0 Å². The van der Waals surface area contributed by atoms with Crippen molar-refractivity contribution in [2.45, 2.75) is 116 Å². The molecule has 0 unspecified atom stereocenters. The SMILES string of the molecule is CCCCCCCCCCCCCCCCCC(=O)O.OCCC(CO)CO. The number of carboxylic acid groups (broad SMARTS) is 1. The van der Waals surface area contributed by atoms with E-state index in [9.17, 15) is 4.79 Å². The molecule has 0 spiro atoms. The minimum absolute atomic E-state index is 0.0335. The predicted octanol–water partition coefficient (Wildman–Crippen LogP) is 5.30. The summed E-state index contributed by atoms with van der Waals surface area (Å²) in [6, 6.07) is 0. The average molecular weight is 405 g/mol. The molecule has 0 amide bonds. The van der Waals surface area contributed by atoms with Gasteiger partial charge in [0.15, 0.2) is 0 Å². The molecule has 170 valence electrons. The first kappa shape index (κ1) is 29.6. The van der Waals surface area contributed by atoms with Crippen LogP contribution in [0.15, 0.2) is 0 Å². The van der Waals surface area contributed by atoms with Crippen LogP contribution in [-0.4, -0.2) is 46.2 Å². The molecule has 0 aromatic carbocycles. The maximum atomic E-state index is 10.3. The van der Waals surface area contributed by atoms with Crippen LogP contribution in [0.2, 0.25) is 0 Å². The third-order valence-electron chi connectivity index (χ3n) is 5.05. The molecule has 0 saturated heterocycles. The van der Waals surface area contributed by atoms with Crippen molar-refractivity contribution in [2.75, 3.05) is 19.8 Å². The summed E-state index contributed by atoms with van der Waals surface area (Å²) in [5, 5.41) is 33.6.